The molecule has 1 aliphatic rings. The first-order valence-corrected chi connectivity index (χ1v) is 6.17. The third kappa shape index (κ3) is 2.71. The number of nitrogens with zero attached hydrogens (tertiary/aromatic N) is 1. The summed E-state index contributed by atoms with van der Waals surface area (Å²) in [4.78, 5) is 2.22. The zero-order valence-electron chi connectivity index (χ0n) is 10.7. The van der Waals surface area contributed by atoms with Gasteiger partial charge in [-0.1, -0.05) is 6.08 Å². The monoisotopic (exact) mass is 250 g/mol. The SMILES string of the molecule is C=C[C@H](c1cc(OC)ccc1F)N1CCNCC1. The summed E-state index contributed by atoms with van der Waals surface area (Å²) < 4.78 is 19.1. The van der Waals surface area contributed by atoms with Gasteiger partial charge >= 0.3 is 0 Å². The Balaban J connectivity index is 2.28. The van der Waals surface area contributed by atoms with Crippen molar-refractivity contribution >= 4 is 0 Å². The van der Waals surface area contributed by atoms with E-state index < -0.39 is 0 Å². The maximum atomic E-state index is 14.0. The molecule has 1 aromatic carbocycles. The summed E-state index contributed by atoms with van der Waals surface area (Å²) in [6.07, 6.45) is 1.79. The average molecular weight is 250 g/mol. The summed E-state index contributed by atoms with van der Waals surface area (Å²) in [5, 5.41) is 3.29. The van der Waals surface area contributed by atoms with Gasteiger partial charge in [0.05, 0.1) is 13.2 Å². The summed E-state index contributed by atoms with van der Waals surface area (Å²) in [6.45, 7) is 7.49. The predicted molar refractivity (Wildman–Crippen MR) is 70.3 cm³/mol. The molecule has 4 heteroatoms. The third-order valence-corrected chi connectivity index (χ3v) is 3.29. The highest BCUT2D eigenvalue weighted by Crippen LogP contribution is 2.28. The van der Waals surface area contributed by atoms with Crippen molar-refractivity contribution in [2.24, 2.45) is 0 Å². The van der Waals surface area contributed by atoms with Crippen LogP contribution in [0.2, 0.25) is 0 Å². The van der Waals surface area contributed by atoms with Crippen LogP contribution in [0.25, 0.3) is 0 Å². The number of nitrogens with one attached hydrogen (secondary N) is 1. The predicted octanol–water partition coefficient (Wildman–Crippen LogP) is 1.97. The molecule has 18 heavy (non-hydrogen) atoms. The quantitative estimate of drug-likeness (QED) is 0.827. The van der Waals surface area contributed by atoms with Gasteiger partial charge in [0, 0.05) is 31.7 Å². The van der Waals surface area contributed by atoms with E-state index in [1.165, 1.54) is 6.07 Å². The molecule has 0 aromatic heterocycles. The maximum Gasteiger partial charge on any atom is 0.128 e. The Kier molecular flexibility index (Phi) is 4.33. The fourth-order valence-corrected chi connectivity index (χ4v) is 2.31. The Morgan fingerprint density at radius 1 is 1.44 bits per heavy atom. The van der Waals surface area contributed by atoms with Crippen molar-refractivity contribution in [3.05, 3.63) is 42.2 Å². The van der Waals surface area contributed by atoms with Crippen LogP contribution in [0, 0.1) is 5.82 Å². The lowest BCUT2D eigenvalue weighted by Gasteiger charge is -2.33. The normalized spacial score (nSPS) is 18.3. The number of methoxy groups -OCH3 is 1. The van der Waals surface area contributed by atoms with Gasteiger partial charge in [0.2, 0.25) is 0 Å². The Labute approximate surface area is 107 Å². The molecule has 98 valence electrons. The molecular formula is C14H19FN2O. The summed E-state index contributed by atoms with van der Waals surface area (Å²) in [5.41, 5.74) is 0.631. The lowest BCUT2D eigenvalue weighted by atomic mass is 10.0. The van der Waals surface area contributed by atoms with Crippen molar-refractivity contribution in [3.8, 4) is 5.75 Å². The Morgan fingerprint density at radius 3 is 2.78 bits per heavy atom. The van der Waals surface area contributed by atoms with Crippen LogP contribution in [0.15, 0.2) is 30.9 Å². The number of benzene rings is 1. The topological polar surface area (TPSA) is 24.5 Å². The van der Waals surface area contributed by atoms with Crippen LogP contribution in [-0.4, -0.2) is 38.2 Å². The second-order valence-corrected chi connectivity index (χ2v) is 4.35. The van der Waals surface area contributed by atoms with E-state index in [0.717, 1.165) is 26.2 Å². The highest BCUT2D eigenvalue weighted by molar-refractivity contribution is 5.33. The molecule has 1 fully saturated rings. The lowest BCUT2D eigenvalue weighted by molar-refractivity contribution is 0.200. The van der Waals surface area contributed by atoms with Crippen LogP contribution >= 0.6 is 0 Å². The van der Waals surface area contributed by atoms with Crippen molar-refractivity contribution in [2.75, 3.05) is 33.3 Å². The van der Waals surface area contributed by atoms with E-state index in [-0.39, 0.29) is 11.9 Å². The molecule has 0 bridgehead atoms. The van der Waals surface area contributed by atoms with Gasteiger partial charge in [-0.2, -0.15) is 0 Å². The van der Waals surface area contributed by atoms with E-state index in [1.54, 1.807) is 25.3 Å². The molecule has 0 spiro atoms. The summed E-state index contributed by atoms with van der Waals surface area (Å²) >= 11 is 0. The minimum absolute atomic E-state index is 0.0952. The van der Waals surface area contributed by atoms with Gasteiger partial charge in [0.15, 0.2) is 0 Å². The van der Waals surface area contributed by atoms with Crippen molar-refractivity contribution in [2.45, 2.75) is 6.04 Å². The molecule has 1 heterocycles. The van der Waals surface area contributed by atoms with Gasteiger partial charge in [-0.25, -0.2) is 4.39 Å². The average Bonchev–Trinajstić information content (AvgIpc) is 2.43. The fourth-order valence-electron chi connectivity index (χ4n) is 2.31. The molecule has 3 nitrogen and oxygen atoms in total. The van der Waals surface area contributed by atoms with Gasteiger partial charge in [0.1, 0.15) is 11.6 Å². The first-order valence-electron chi connectivity index (χ1n) is 6.17. The first-order chi connectivity index (χ1) is 8.76. The Morgan fingerprint density at radius 2 is 2.17 bits per heavy atom. The van der Waals surface area contributed by atoms with Crippen LogP contribution in [0.3, 0.4) is 0 Å². The standard InChI is InChI=1S/C14H19FN2O/c1-3-14(17-8-6-16-7-9-17)12-10-11(18-2)4-5-13(12)15/h3-5,10,14,16H,1,6-9H2,2H3/t14-/m1/s1. The fraction of sp³-hybridized carbons (Fsp3) is 0.429. The molecule has 2 rings (SSSR count). The lowest BCUT2D eigenvalue weighted by Crippen LogP contribution is -2.44. The molecule has 1 saturated heterocycles. The van der Waals surface area contributed by atoms with Gasteiger partial charge < -0.3 is 10.1 Å². The van der Waals surface area contributed by atoms with Crippen LogP contribution in [0.4, 0.5) is 4.39 Å². The molecule has 0 radical (unpaired) electrons. The Bertz CT molecular complexity index is 416. The molecule has 0 aliphatic carbocycles. The van der Waals surface area contributed by atoms with Crippen LogP contribution < -0.4 is 10.1 Å². The number of hydrogen-bond acceptors (Lipinski definition) is 3. The van der Waals surface area contributed by atoms with Crippen LogP contribution in [0.1, 0.15) is 11.6 Å². The van der Waals surface area contributed by atoms with E-state index >= 15 is 0 Å². The van der Waals surface area contributed by atoms with Gasteiger partial charge in [-0.05, 0) is 18.2 Å². The number of piperazine rings is 1. The largest absolute Gasteiger partial charge is 0.497 e. The second-order valence-electron chi connectivity index (χ2n) is 4.35. The van der Waals surface area contributed by atoms with E-state index in [9.17, 15) is 4.39 Å². The Hall–Kier alpha value is -1.39. The van der Waals surface area contributed by atoms with Crippen molar-refractivity contribution in [1.29, 1.82) is 0 Å². The van der Waals surface area contributed by atoms with E-state index in [2.05, 4.69) is 16.8 Å². The van der Waals surface area contributed by atoms with Gasteiger partial charge in [-0.15, -0.1) is 6.58 Å². The highest BCUT2D eigenvalue weighted by atomic mass is 19.1. The molecular weight excluding hydrogens is 231 g/mol. The molecule has 0 unspecified atom stereocenters. The molecule has 1 aromatic rings. The molecule has 1 aliphatic heterocycles. The number of halogens is 1. The van der Waals surface area contributed by atoms with E-state index in [4.69, 9.17) is 4.74 Å². The second kappa shape index (κ2) is 5.98. The maximum absolute atomic E-state index is 14.0. The smallest absolute Gasteiger partial charge is 0.128 e. The number of hydrogen-bond donors (Lipinski definition) is 1. The summed E-state index contributed by atoms with van der Waals surface area (Å²) in [7, 11) is 1.59. The zero-order valence-corrected chi connectivity index (χ0v) is 10.7. The first kappa shape index (κ1) is 13.1. The minimum Gasteiger partial charge on any atom is -0.497 e. The van der Waals surface area contributed by atoms with Crippen LogP contribution in [0.5, 0.6) is 5.75 Å². The van der Waals surface area contributed by atoms with Crippen molar-refractivity contribution in [3.63, 3.8) is 0 Å². The molecule has 1 N–H and O–H groups in total. The molecule has 0 amide bonds. The van der Waals surface area contributed by atoms with E-state index in [1.807, 2.05) is 0 Å². The summed E-state index contributed by atoms with van der Waals surface area (Å²) in [6, 6.07) is 4.75. The minimum atomic E-state index is -0.209. The third-order valence-electron chi connectivity index (χ3n) is 3.29. The molecule has 0 saturated carbocycles. The molecule has 1 atom stereocenters. The van der Waals surface area contributed by atoms with Crippen LogP contribution in [-0.2, 0) is 0 Å². The summed E-state index contributed by atoms with van der Waals surface area (Å²) in [5.74, 6) is 0.465. The number of ether oxygens (including phenoxy) is 1. The van der Waals surface area contributed by atoms with Gasteiger partial charge in [0.25, 0.3) is 0 Å². The number of rotatable bonds is 4. The van der Waals surface area contributed by atoms with Crippen molar-refractivity contribution < 1.29 is 9.13 Å². The zero-order chi connectivity index (χ0) is 13.0. The van der Waals surface area contributed by atoms with E-state index in [0.29, 0.717) is 11.3 Å². The van der Waals surface area contributed by atoms with Gasteiger partial charge in [-0.3, -0.25) is 4.90 Å². The highest BCUT2D eigenvalue weighted by Gasteiger charge is 2.22. The van der Waals surface area contributed by atoms with Crippen molar-refractivity contribution in [1.82, 2.24) is 10.2 Å².